The van der Waals surface area contributed by atoms with Crippen LogP contribution in [0.25, 0.3) is 0 Å². The fourth-order valence-electron chi connectivity index (χ4n) is 2.22. The summed E-state index contributed by atoms with van der Waals surface area (Å²) in [4.78, 5) is 0. The summed E-state index contributed by atoms with van der Waals surface area (Å²) in [5.41, 5.74) is 7.40. The third-order valence-electron chi connectivity index (χ3n) is 3.40. The molecule has 1 atom stereocenters. The molecule has 0 bridgehead atoms. The lowest BCUT2D eigenvalue weighted by Crippen LogP contribution is -2.10. The van der Waals surface area contributed by atoms with Crippen LogP contribution in [0, 0.1) is 0 Å². The first-order chi connectivity index (χ1) is 9.86. The van der Waals surface area contributed by atoms with Gasteiger partial charge in [0.15, 0.2) is 0 Å². The number of para-hydroxylation sites is 1. The van der Waals surface area contributed by atoms with Gasteiger partial charge in [-0.25, -0.2) is 0 Å². The lowest BCUT2D eigenvalue weighted by Gasteiger charge is -2.11. The zero-order valence-electron chi connectivity index (χ0n) is 11.9. The van der Waals surface area contributed by atoms with E-state index in [1.807, 2.05) is 48.5 Å². The van der Waals surface area contributed by atoms with Crippen molar-refractivity contribution in [2.75, 3.05) is 6.61 Å². The molecular weight excluding hydrogens is 246 g/mol. The van der Waals surface area contributed by atoms with Crippen LogP contribution in [-0.4, -0.2) is 6.61 Å². The maximum Gasteiger partial charge on any atom is 0.119 e. The lowest BCUT2D eigenvalue weighted by atomic mass is 10.0. The van der Waals surface area contributed by atoms with E-state index in [1.54, 1.807) is 0 Å². The van der Waals surface area contributed by atoms with Crippen LogP contribution in [0.4, 0.5) is 0 Å². The lowest BCUT2D eigenvalue weighted by molar-refractivity contribution is 0.304. The Kier molecular flexibility index (Phi) is 6.12. The van der Waals surface area contributed by atoms with E-state index in [4.69, 9.17) is 10.5 Å². The summed E-state index contributed by atoms with van der Waals surface area (Å²) in [6.07, 6.45) is 4.42. The number of hydrogen-bond acceptors (Lipinski definition) is 2. The third-order valence-corrected chi connectivity index (χ3v) is 3.40. The predicted octanol–water partition coefficient (Wildman–Crippen LogP) is 4.33. The largest absolute Gasteiger partial charge is 0.494 e. The zero-order valence-corrected chi connectivity index (χ0v) is 11.9. The van der Waals surface area contributed by atoms with Gasteiger partial charge in [0.05, 0.1) is 6.61 Å². The Bertz CT molecular complexity index is 469. The van der Waals surface area contributed by atoms with Gasteiger partial charge in [0.25, 0.3) is 0 Å². The summed E-state index contributed by atoms with van der Waals surface area (Å²) < 4.78 is 5.67. The zero-order chi connectivity index (χ0) is 14.0. The molecule has 0 aliphatic heterocycles. The van der Waals surface area contributed by atoms with Crippen molar-refractivity contribution in [1.82, 2.24) is 0 Å². The standard InChI is InChI=1S/C18H23NO/c19-18(16-10-4-1-5-11-16)14-8-3-9-15-20-17-12-6-2-7-13-17/h1-2,4-7,10-13,18H,3,8-9,14-15,19H2. The van der Waals surface area contributed by atoms with E-state index in [0.717, 1.165) is 38.0 Å². The monoisotopic (exact) mass is 269 g/mol. The first-order valence-electron chi connectivity index (χ1n) is 7.34. The van der Waals surface area contributed by atoms with E-state index >= 15 is 0 Å². The third kappa shape index (κ3) is 5.06. The second-order valence-corrected chi connectivity index (χ2v) is 5.03. The predicted molar refractivity (Wildman–Crippen MR) is 83.8 cm³/mol. The molecule has 2 rings (SSSR count). The van der Waals surface area contributed by atoms with Crippen molar-refractivity contribution >= 4 is 0 Å². The van der Waals surface area contributed by atoms with Crippen LogP contribution in [0.2, 0.25) is 0 Å². The molecule has 2 aromatic carbocycles. The molecule has 0 aliphatic carbocycles. The molecule has 2 heteroatoms. The van der Waals surface area contributed by atoms with Crippen LogP contribution < -0.4 is 10.5 Å². The van der Waals surface area contributed by atoms with E-state index in [1.165, 1.54) is 5.56 Å². The quantitative estimate of drug-likeness (QED) is 0.724. The van der Waals surface area contributed by atoms with Crippen LogP contribution in [0.3, 0.4) is 0 Å². The Hall–Kier alpha value is -1.80. The summed E-state index contributed by atoms with van der Waals surface area (Å²) in [5.74, 6) is 0.952. The topological polar surface area (TPSA) is 35.2 Å². The second-order valence-electron chi connectivity index (χ2n) is 5.03. The van der Waals surface area contributed by atoms with Gasteiger partial charge in [-0.15, -0.1) is 0 Å². The van der Waals surface area contributed by atoms with E-state index in [2.05, 4.69) is 12.1 Å². The SMILES string of the molecule is NC(CCCCCOc1ccccc1)c1ccccc1. The highest BCUT2D eigenvalue weighted by Gasteiger charge is 2.04. The molecule has 1 unspecified atom stereocenters. The summed E-state index contributed by atoms with van der Waals surface area (Å²) in [5, 5.41) is 0. The van der Waals surface area contributed by atoms with Crippen LogP contribution in [0.15, 0.2) is 60.7 Å². The van der Waals surface area contributed by atoms with Gasteiger partial charge in [0.2, 0.25) is 0 Å². The van der Waals surface area contributed by atoms with Crippen molar-refractivity contribution in [3.63, 3.8) is 0 Å². The van der Waals surface area contributed by atoms with Gasteiger partial charge in [-0.1, -0.05) is 55.0 Å². The highest BCUT2D eigenvalue weighted by molar-refractivity contribution is 5.20. The molecule has 0 radical (unpaired) electrons. The van der Waals surface area contributed by atoms with Gasteiger partial charge in [-0.3, -0.25) is 0 Å². The van der Waals surface area contributed by atoms with Crippen LogP contribution in [-0.2, 0) is 0 Å². The van der Waals surface area contributed by atoms with Gasteiger partial charge in [0, 0.05) is 6.04 Å². The van der Waals surface area contributed by atoms with Gasteiger partial charge in [-0.05, 0) is 37.0 Å². The number of rotatable bonds is 8. The molecule has 2 aromatic rings. The molecule has 0 saturated heterocycles. The van der Waals surface area contributed by atoms with Gasteiger partial charge >= 0.3 is 0 Å². The molecule has 0 spiro atoms. The Balaban J connectivity index is 1.56. The average molecular weight is 269 g/mol. The number of hydrogen-bond donors (Lipinski definition) is 1. The van der Waals surface area contributed by atoms with E-state index < -0.39 is 0 Å². The molecule has 0 fully saturated rings. The summed E-state index contributed by atoms with van der Waals surface area (Å²) >= 11 is 0. The van der Waals surface area contributed by atoms with Crippen LogP contribution >= 0.6 is 0 Å². The fraction of sp³-hybridized carbons (Fsp3) is 0.333. The molecule has 2 N–H and O–H groups in total. The van der Waals surface area contributed by atoms with Crippen LogP contribution in [0.1, 0.15) is 37.3 Å². The molecular formula is C18H23NO. The maximum absolute atomic E-state index is 6.17. The Morgan fingerprint density at radius 1 is 0.800 bits per heavy atom. The summed E-state index contributed by atoms with van der Waals surface area (Å²) in [6, 6.07) is 20.4. The second kappa shape index (κ2) is 8.39. The minimum absolute atomic E-state index is 0.159. The van der Waals surface area contributed by atoms with Crippen molar-refractivity contribution in [3.05, 3.63) is 66.2 Å². The van der Waals surface area contributed by atoms with Crippen molar-refractivity contribution in [3.8, 4) is 5.75 Å². The van der Waals surface area contributed by atoms with Crippen molar-refractivity contribution < 1.29 is 4.74 Å². The van der Waals surface area contributed by atoms with Crippen molar-refractivity contribution in [1.29, 1.82) is 0 Å². The normalized spacial score (nSPS) is 12.1. The van der Waals surface area contributed by atoms with E-state index in [-0.39, 0.29) is 6.04 Å². The first kappa shape index (κ1) is 14.6. The molecule has 2 nitrogen and oxygen atoms in total. The fourth-order valence-corrected chi connectivity index (χ4v) is 2.22. The Labute approximate surface area is 121 Å². The molecule has 106 valence electrons. The van der Waals surface area contributed by atoms with Crippen molar-refractivity contribution in [2.45, 2.75) is 31.7 Å². The number of benzene rings is 2. The van der Waals surface area contributed by atoms with Crippen LogP contribution in [0.5, 0.6) is 5.75 Å². The van der Waals surface area contributed by atoms with Gasteiger partial charge in [-0.2, -0.15) is 0 Å². The Morgan fingerprint density at radius 3 is 2.15 bits per heavy atom. The molecule has 0 aromatic heterocycles. The minimum Gasteiger partial charge on any atom is -0.494 e. The molecule has 0 heterocycles. The highest BCUT2D eigenvalue weighted by atomic mass is 16.5. The minimum atomic E-state index is 0.159. The Morgan fingerprint density at radius 2 is 1.45 bits per heavy atom. The molecule has 0 amide bonds. The molecule has 0 aliphatic rings. The molecule has 20 heavy (non-hydrogen) atoms. The molecule has 0 saturated carbocycles. The average Bonchev–Trinajstić information content (AvgIpc) is 2.52. The van der Waals surface area contributed by atoms with Gasteiger partial charge < -0.3 is 10.5 Å². The van der Waals surface area contributed by atoms with Gasteiger partial charge in [0.1, 0.15) is 5.75 Å². The highest BCUT2D eigenvalue weighted by Crippen LogP contribution is 2.17. The van der Waals surface area contributed by atoms with Crippen molar-refractivity contribution in [2.24, 2.45) is 5.73 Å². The number of unbranched alkanes of at least 4 members (excludes halogenated alkanes) is 2. The van der Waals surface area contributed by atoms with E-state index in [0.29, 0.717) is 0 Å². The van der Waals surface area contributed by atoms with E-state index in [9.17, 15) is 0 Å². The first-order valence-corrected chi connectivity index (χ1v) is 7.34. The maximum atomic E-state index is 6.17. The number of ether oxygens (including phenoxy) is 1. The summed E-state index contributed by atoms with van der Waals surface area (Å²) in [6.45, 7) is 0.782. The number of nitrogens with two attached hydrogens (primary N) is 1. The smallest absolute Gasteiger partial charge is 0.119 e. The summed E-state index contributed by atoms with van der Waals surface area (Å²) in [7, 11) is 0.